The average Bonchev–Trinajstić information content (AvgIpc) is 2.20. The van der Waals surface area contributed by atoms with Gasteiger partial charge in [-0.1, -0.05) is 11.6 Å². The molecule has 0 aromatic carbocycles. The van der Waals surface area contributed by atoms with Gasteiger partial charge in [-0.2, -0.15) is 0 Å². The van der Waals surface area contributed by atoms with E-state index in [2.05, 4.69) is 38.1 Å². The molecule has 1 aromatic heterocycles. The molecular weight excluding hydrogens is 277 g/mol. The maximum absolute atomic E-state index is 5.87. The Bertz CT molecular complexity index is 359. The van der Waals surface area contributed by atoms with Crippen molar-refractivity contribution in [3.05, 3.63) is 21.8 Å². The van der Waals surface area contributed by atoms with E-state index in [0.29, 0.717) is 11.1 Å². The minimum atomic E-state index is 0.462. The van der Waals surface area contributed by atoms with Gasteiger partial charge in [0.2, 0.25) is 0 Å². The molecule has 0 saturated carbocycles. The predicted octanol–water partition coefficient (Wildman–Crippen LogP) is 2.30. The number of piperazine rings is 1. The van der Waals surface area contributed by atoms with Crippen molar-refractivity contribution in [1.29, 1.82) is 0 Å². The van der Waals surface area contributed by atoms with Crippen molar-refractivity contribution >= 4 is 33.3 Å². The van der Waals surface area contributed by atoms with Crippen LogP contribution >= 0.6 is 27.5 Å². The summed E-state index contributed by atoms with van der Waals surface area (Å²) in [5.74, 6) is 0.980. The third-order valence-electron chi connectivity index (χ3n) is 2.56. The van der Waals surface area contributed by atoms with Gasteiger partial charge in [-0.25, -0.2) is 4.98 Å². The first kappa shape index (κ1) is 11.2. The van der Waals surface area contributed by atoms with E-state index in [1.807, 2.05) is 6.07 Å². The molecule has 1 N–H and O–H groups in total. The van der Waals surface area contributed by atoms with Gasteiger partial charge in [-0.3, -0.25) is 0 Å². The molecule has 0 amide bonds. The number of aromatic nitrogens is 1. The Morgan fingerprint density at radius 1 is 1.67 bits per heavy atom. The molecule has 1 aromatic rings. The van der Waals surface area contributed by atoms with Crippen molar-refractivity contribution in [2.75, 3.05) is 24.5 Å². The van der Waals surface area contributed by atoms with E-state index in [0.717, 1.165) is 29.9 Å². The number of nitrogens with one attached hydrogen (secondary N) is 1. The summed E-state index contributed by atoms with van der Waals surface area (Å²) >= 11 is 9.37. The van der Waals surface area contributed by atoms with Crippen LogP contribution in [0.5, 0.6) is 0 Å². The highest BCUT2D eigenvalue weighted by Gasteiger charge is 2.21. The summed E-state index contributed by atoms with van der Waals surface area (Å²) in [5.41, 5.74) is 0. The Kier molecular flexibility index (Phi) is 3.49. The Hall–Kier alpha value is -0.320. The van der Waals surface area contributed by atoms with Crippen molar-refractivity contribution in [2.24, 2.45) is 0 Å². The van der Waals surface area contributed by atoms with E-state index in [-0.39, 0.29) is 0 Å². The number of hydrogen-bond acceptors (Lipinski definition) is 3. The molecule has 1 fully saturated rings. The highest BCUT2D eigenvalue weighted by molar-refractivity contribution is 9.10. The minimum absolute atomic E-state index is 0.462. The van der Waals surface area contributed by atoms with Gasteiger partial charge in [0.1, 0.15) is 5.82 Å². The Labute approximate surface area is 103 Å². The van der Waals surface area contributed by atoms with E-state index in [9.17, 15) is 0 Å². The smallest absolute Gasteiger partial charge is 0.143 e. The summed E-state index contributed by atoms with van der Waals surface area (Å²) in [7, 11) is 0. The molecule has 5 heteroatoms. The van der Waals surface area contributed by atoms with Crippen LogP contribution in [0.15, 0.2) is 16.7 Å². The molecule has 0 spiro atoms. The SMILES string of the molecule is CC1CNCCN1c1ncc(Cl)cc1Br. The van der Waals surface area contributed by atoms with Crippen molar-refractivity contribution in [2.45, 2.75) is 13.0 Å². The van der Waals surface area contributed by atoms with E-state index >= 15 is 0 Å². The largest absolute Gasteiger partial charge is 0.350 e. The molecule has 1 aliphatic rings. The highest BCUT2D eigenvalue weighted by atomic mass is 79.9. The zero-order valence-electron chi connectivity index (χ0n) is 8.50. The second-order valence-corrected chi connectivity index (χ2v) is 5.00. The van der Waals surface area contributed by atoms with Crippen LogP contribution in [-0.2, 0) is 0 Å². The first-order valence-electron chi connectivity index (χ1n) is 4.97. The average molecular weight is 291 g/mol. The van der Waals surface area contributed by atoms with Crippen LogP contribution in [0.1, 0.15) is 6.92 Å². The lowest BCUT2D eigenvalue weighted by Gasteiger charge is -2.35. The molecule has 2 heterocycles. The number of rotatable bonds is 1. The molecule has 1 unspecified atom stereocenters. The number of hydrogen-bond donors (Lipinski definition) is 1. The fourth-order valence-electron chi connectivity index (χ4n) is 1.77. The summed E-state index contributed by atoms with van der Waals surface area (Å²) in [6, 6.07) is 2.35. The topological polar surface area (TPSA) is 28.2 Å². The number of anilines is 1. The van der Waals surface area contributed by atoms with Crippen LogP contribution in [0.25, 0.3) is 0 Å². The number of halogens is 2. The highest BCUT2D eigenvalue weighted by Crippen LogP contribution is 2.28. The predicted molar refractivity (Wildman–Crippen MR) is 66.6 cm³/mol. The van der Waals surface area contributed by atoms with E-state index in [1.165, 1.54) is 0 Å². The van der Waals surface area contributed by atoms with Gasteiger partial charge in [0, 0.05) is 31.9 Å². The Morgan fingerprint density at radius 3 is 3.13 bits per heavy atom. The lowest BCUT2D eigenvalue weighted by atomic mass is 10.2. The minimum Gasteiger partial charge on any atom is -0.350 e. The van der Waals surface area contributed by atoms with Gasteiger partial charge in [0.15, 0.2) is 0 Å². The molecule has 3 nitrogen and oxygen atoms in total. The quantitative estimate of drug-likeness (QED) is 0.860. The maximum atomic E-state index is 5.87. The van der Waals surface area contributed by atoms with Crippen LogP contribution in [0.2, 0.25) is 5.02 Å². The maximum Gasteiger partial charge on any atom is 0.143 e. The molecule has 15 heavy (non-hydrogen) atoms. The van der Waals surface area contributed by atoms with Crippen molar-refractivity contribution < 1.29 is 0 Å². The van der Waals surface area contributed by atoms with Gasteiger partial charge >= 0.3 is 0 Å². The summed E-state index contributed by atoms with van der Waals surface area (Å²) in [5, 5.41) is 4.01. The third-order valence-corrected chi connectivity index (χ3v) is 3.35. The van der Waals surface area contributed by atoms with Crippen LogP contribution in [0.4, 0.5) is 5.82 Å². The first-order valence-corrected chi connectivity index (χ1v) is 6.14. The second-order valence-electron chi connectivity index (χ2n) is 3.71. The molecule has 0 aliphatic carbocycles. The first-order chi connectivity index (χ1) is 7.18. The molecule has 1 saturated heterocycles. The fourth-order valence-corrected chi connectivity index (χ4v) is 2.64. The summed E-state index contributed by atoms with van der Waals surface area (Å²) in [6.45, 7) is 5.17. The fraction of sp³-hybridized carbons (Fsp3) is 0.500. The molecule has 0 radical (unpaired) electrons. The summed E-state index contributed by atoms with van der Waals surface area (Å²) in [6.07, 6.45) is 1.69. The Morgan fingerprint density at radius 2 is 2.47 bits per heavy atom. The number of nitrogens with zero attached hydrogens (tertiary/aromatic N) is 2. The van der Waals surface area contributed by atoms with Crippen LogP contribution in [0.3, 0.4) is 0 Å². The second kappa shape index (κ2) is 4.68. The molecule has 2 rings (SSSR count). The van der Waals surface area contributed by atoms with E-state index in [1.54, 1.807) is 6.20 Å². The molecule has 82 valence electrons. The van der Waals surface area contributed by atoms with Gasteiger partial charge in [-0.15, -0.1) is 0 Å². The Balaban J connectivity index is 2.27. The van der Waals surface area contributed by atoms with Gasteiger partial charge < -0.3 is 10.2 Å². The number of pyridine rings is 1. The van der Waals surface area contributed by atoms with Crippen LogP contribution < -0.4 is 10.2 Å². The molecule has 1 aliphatic heterocycles. The zero-order valence-corrected chi connectivity index (χ0v) is 10.8. The monoisotopic (exact) mass is 289 g/mol. The molecule has 0 bridgehead atoms. The van der Waals surface area contributed by atoms with Crippen molar-refractivity contribution in [3.63, 3.8) is 0 Å². The standard InChI is InChI=1S/C10H13BrClN3/c1-7-5-13-2-3-15(7)10-9(11)4-8(12)6-14-10/h4,6-7,13H,2-3,5H2,1H3. The van der Waals surface area contributed by atoms with Gasteiger partial charge in [0.05, 0.1) is 9.50 Å². The lowest BCUT2D eigenvalue weighted by molar-refractivity contribution is 0.496. The van der Waals surface area contributed by atoms with Gasteiger partial charge in [-0.05, 0) is 28.9 Å². The van der Waals surface area contributed by atoms with E-state index < -0.39 is 0 Å². The molecule has 1 atom stereocenters. The normalized spacial score (nSPS) is 21.8. The van der Waals surface area contributed by atoms with Gasteiger partial charge in [0.25, 0.3) is 0 Å². The van der Waals surface area contributed by atoms with E-state index in [4.69, 9.17) is 11.6 Å². The van der Waals surface area contributed by atoms with Crippen molar-refractivity contribution in [3.8, 4) is 0 Å². The van der Waals surface area contributed by atoms with Crippen LogP contribution in [0, 0.1) is 0 Å². The molecular formula is C10H13BrClN3. The zero-order chi connectivity index (χ0) is 10.8. The third kappa shape index (κ3) is 2.44. The van der Waals surface area contributed by atoms with Crippen molar-refractivity contribution in [1.82, 2.24) is 10.3 Å². The lowest BCUT2D eigenvalue weighted by Crippen LogP contribution is -2.50. The summed E-state index contributed by atoms with van der Waals surface area (Å²) < 4.78 is 0.962. The summed E-state index contributed by atoms with van der Waals surface area (Å²) in [4.78, 5) is 6.66. The van der Waals surface area contributed by atoms with Crippen LogP contribution in [-0.4, -0.2) is 30.7 Å².